The molecule has 1 amide bonds. The van der Waals surface area contributed by atoms with E-state index in [-0.39, 0.29) is 11.9 Å². The van der Waals surface area contributed by atoms with Crippen LogP contribution in [0, 0.1) is 13.8 Å². The quantitative estimate of drug-likeness (QED) is 0.790. The van der Waals surface area contributed by atoms with E-state index >= 15 is 0 Å². The lowest BCUT2D eigenvalue weighted by Crippen LogP contribution is -2.35. The Labute approximate surface area is 148 Å². The van der Waals surface area contributed by atoms with Gasteiger partial charge in [-0.3, -0.25) is 4.79 Å². The predicted octanol–water partition coefficient (Wildman–Crippen LogP) is 2.45. The summed E-state index contributed by atoms with van der Waals surface area (Å²) in [5, 5.41) is 2.95. The Bertz CT molecular complexity index is 751. The van der Waals surface area contributed by atoms with Crippen molar-refractivity contribution in [2.24, 2.45) is 0 Å². The standard InChI is InChI=1S/C19H25N3O3/c1-12-16(19(24)25-5)13(2)21-17(12)18(23)20-11-15(22(3)4)14-9-7-6-8-10-14/h6-10,15,21H,11H2,1-5H3,(H,20,23)/t15-/m1/s1. The summed E-state index contributed by atoms with van der Waals surface area (Å²) in [6.07, 6.45) is 0. The molecular weight excluding hydrogens is 318 g/mol. The maximum Gasteiger partial charge on any atom is 0.339 e. The number of methoxy groups -OCH3 is 1. The van der Waals surface area contributed by atoms with Gasteiger partial charge in [0.2, 0.25) is 0 Å². The molecule has 0 radical (unpaired) electrons. The zero-order chi connectivity index (χ0) is 18.6. The normalized spacial score (nSPS) is 12.1. The molecule has 2 N–H and O–H groups in total. The van der Waals surface area contributed by atoms with E-state index in [1.54, 1.807) is 13.8 Å². The topological polar surface area (TPSA) is 74.4 Å². The highest BCUT2D eigenvalue weighted by atomic mass is 16.5. The van der Waals surface area contributed by atoms with Gasteiger partial charge in [-0.2, -0.15) is 0 Å². The van der Waals surface area contributed by atoms with Crippen LogP contribution in [-0.2, 0) is 4.74 Å². The van der Waals surface area contributed by atoms with Crippen molar-refractivity contribution >= 4 is 11.9 Å². The van der Waals surface area contributed by atoms with E-state index in [9.17, 15) is 9.59 Å². The van der Waals surface area contributed by atoms with Gasteiger partial charge in [-0.15, -0.1) is 0 Å². The molecule has 6 nitrogen and oxygen atoms in total. The van der Waals surface area contributed by atoms with E-state index in [2.05, 4.69) is 15.2 Å². The lowest BCUT2D eigenvalue weighted by molar-refractivity contribution is 0.0599. The van der Waals surface area contributed by atoms with Crippen molar-refractivity contribution in [2.75, 3.05) is 27.7 Å². The van der Waals surface area contributed by atoms with Crippen LogP contribution in [-0.4, -0.2) is 49.5 Å². The molecule has 0 unspecified atom stereocenters. The monoisotopic (exact) mass is 343 g/mol. The number of hydrogen-bond donors (Lipinski definition) is 2. The first-order valence-electron chi connectivity index (χ1n) is 8.13. The minimum absolute atomic E-state index is 0.0570. The van der Waals surface area contributed by atoms with Crippen molar-refractivity contribution in [1.29, 1.82) is 0 Å². The Morgan fingerprint density at radius 3 is 2.40 bits per heavy atom. The van der Waals surface area contributed by atoms with E-state index in [0.717, 1.165) is 5.56 Å². The van der Waals surface area contributed by atoms with Crippen molar-refractivity contribution in [1.82, 2.24) is 15.2 Å². The second-order valence-corrected chi connectivity index (χ2v) is 6.22. The number of ether oxygens (including phenoxy) is 1. The molecule has 0 spiro atoms. The summed E-state index contributed by atoms with van der Waals surface area (Å²) in [7, 11) is 5.28. The number of carbonyl (C=O) groups excluding carboxylic acids is 2. The van der Waals surface area contributed by atoms with Gasteiger partial charge in [0.15, 0.2) is 0 Å². The number of esters is 1. The molecule has 1 aromatic carbocycles. The number of hydrogen-bond acceptors (Lipinski definition) is 4. The van der Waals surface area contributed by atoms with Gasteiger partial charge in [0.25, 0.3) is 5.91 Å². The first kappa shape index (κ1) is 18.7. The van der Waals surface area contributed by atoms with Crippen LogP contribution in [0.1, 0.15) is 43.7 Å². The number of carbonyl (C=O) groups is 2. The van der Waals surface area contributed by atoms with Crippen LogP contribution < -0.4 is 5.32 Å². The Morgan fingerprint density at radius 2 is 1.84 bits per heavy atom. The smallest absolute Gasteiger partial charge is 0.339 e. The van der Waals surface area contributed by atoms with E-state index in [1.807, 2.05) is 44.4 Å². The average Bonchev–Trinajstić information content (AvgIpc) is 2.89. The molecule has 1 aromatic heterocycles. The molecule has 1 atom stereocenters. The van der Waals surface area contributed by atoms with Gasteiger partial charge in [-0.25, -0.2) is 4.79 Å². The molecular formula is C19H25N3O3. The van der Waals surface area contributed by atoms with E-state index < -0.39 is 5.97 Å². The highest BCUT2D eigenvalue weighted by molar-refractivity contribution is 6.00. The van der Waals surface area contributed by atoms with Crippen LogP contribution in [0.2, 0.25) is 0 Å². The van der Waals surface area contributed by atoms with E-state index in [4.69, 9.17) is 4.74 Å². The number of likely N-dealkylation sites (N-methyl/N-ethyl adjacent to an activating group) is 1. The second-order valence-electron chi connectivity index (χ2n) is 6.22. The first-order valence-corrected chi connectivity index (χ1v) is 8.13. The van der Waals surface area contributed by atoms with Crippen molar-refractivity contribution < 1.29 is 14.3 Å². The van der Waals surface area contributed by atoms with Crippen LogP contribution >= 0.6 is 0 Å². The second kappa shape index (κ2) is 7.98. The number of aromatic nitrogens is 1. The molecule has 2 rings (SSSR count). The summed E-state index contributed by atoms with van der Waals surface area (Å²) in [6, 6.07) is 10.1. The Hall–Kier alpha value is -2.60. The van der Waals surface area contributed by atoms with Gasteiger partial charge >= 0.3 is 5.97 Å². The van der Waals surface area contributed by atoms with Crippen LogP contribution in [0.4, 0.5) is 0 Å². The summed E-state index contributed by atoms with van der Waals surface area (Å²) in [4.78, 5) is 29.5. The average molecular weight is 343 g/mol. The molecule has 0 fully saturated rings. The number of H-pyrrole nitrogens is 1. The summed E-state index contributed by atoms with van der Waals surface area (Å²) in [5.41, 5.74) is 3.16. The Morgan fingerprint density at radius 1 is 1.20 bits per heavy atom. The molecule has 0 aliphatic rings. The van der Waals surface area contributed by atoms with Gasteiger partial charge in [-0.05, 0) is 39.1 Å². The summed E-state index contributed by atoms with van der Waals surface area (Å²) < 4.78 is 4.78. The molecule has 0 aliphatic heterocycles. The predicted molar refractivity (Wildman–Crippen MR) is 96.8 cm³/mol. The highest BCUT2D eigenvalue weighted by Crippen LogP contribution is 2.20. The van der Waals surface area contributed by atoms with Gasteiger partial charge in [-0.1, -0.05) is 30.3 Å². The van der Waals surface area contributed by atoms with E-state index in [1.165, 1.54) is 7.11 Å². The molecule has 0 saturated carbocycles. The highest BCUT2D eigenvalue weighted by Gasteiger charge is 2.23. The van der Waals surface area contributed by atoms with Gasteiger partial charge in [0.05, 0.1) is 18.7 Å². The third-order valence-electron chi connectivity index (χ3n) is 4.32. The van der Waals surface area contributed by atoms with Crippen LogP contribution in [0.3, 0.4) is 0 Å². The number of benzene rings is 1. The zero-order valence-electron chi connectivity index (χ0n) is 15.3. The van der Waals surface area contributed by atoms with Gasteiger partial charge in [0, 0.05) is 12.2 Å². The maximum atomic E-state index is 12.6. The number of rotatable bonds is 6. The van der Waals surface area contributed by atoms with Crippen molar-refractivity contribution in [3.63, 3.8) is 0 Å². The third-order valence-corrected chi connectivity index (χ3v) is 4.32. The zero-order valence-corrected chi connectivity index (χ0v) is 15.3. The molecule has 134 valence electrons. The van der Waals surface area contributed by atoms with Crippen molar-refractivity contribution in [3.05, 3.63) is 58.4 Å². The maximum absolute atomic E-state index is 12.6. The van der Waals surface area contributed by atoms with Crippen molar-refractivity contribution in [3.8, 4) is 0 Å². The minimum Gasteiger partial charge on any atom is -0.465 e. The summed E-state index contributed by atoms with van der Waals surface area (Å²) >= 11 is 0. The fourth-order valence-corrected chi connectivity index (χ4v) is 2.94. The number of nitrogens with one attached hydrogen (secondary N) is 2. The van der Waals surface area contributed by atoms with Crippen LogP contribution in [0.5, 0.6) is 0 Å². The largest absolute Gasteiger partial charge is 0.465 e. The number of amides is 1. The van der Waals surface area contributed by atoms with Crippen LogP contribution in [0.15, 0.2) is 30.3 Å². The number of aromatic amines is 1. The van der Waals surface area contributed by atoms with Gasteiger partial charge in [0.1, 0.15) is 5.69 Å². The molecule has 6 heteroatoms. The fraction of sp³-hybridized carbons (Fsp3) is 0.368. The SMILES string of the molecule is COC(=O)c1c(C)[nH]c(C(=O)NC[C@H](c2ccccc2)N(C)C)c1C. The molecule has 2 aromatic rings. The van der Waals surface area contributed by atoms with Crippen molar-refractivity contribution in [2.45, 2.75) is 19.9 Å². The summed E-state index contributed by atoms with van der Waals surface area (Å²) in [5.74, 6) is -0.681. The van der Waals surface area contributed by atoms with Gasteiger partial charge < -0.3 is 19.9 Å². The molecule has 0 saturated heterocycles. The number of aryl methyl sites for hydroxylation is 1. The van der Waals surface area contributed by atoms with Crippen LogP contribution in [0.25, 0.3) is 0 Å². The lowest BCUT2D eigenvalue weighted by Gasteiger charge is -2.25. The first-order chi connectivity index (χ1) is 11.9. The molecule has 25 heavy (non-hydrogen) atoms. The minimum atomic E-state index is -0.444. The Balaban J connectivity index is 2.16. The number of nitrogens with zero attached hydrogens (tertiary/aromatic N) is 1. The molecule has 1 heterocycles. The lowest BCUT2D eigenvalue weighted by atomic mass is 10.1. The molecule has 0 bridgehead atoms. The van der Waals surface area contributed by atoms with E-state index in [0.29, 0.717) is 29.1 Å². The molecule has 0 aliphatic carbocycles. The third kappa shape index (κ3) is 4.09. The summed E-state index contributed by atoms with van der Waals surface area (Å²) in [6.45, 7) is 3.95. The Kier molecular flexibility index (Phi) is 5.98. The fourth-order valence-electron chi connectivity index (χ4n) is 2.94.